The minimum atomic E-state index is 0.0200. The summed E-state index contributed by atoms with van der Waals surface area (Å²) in [6.45, 7) is 54.6. The van der Waals surface area contributed by atoms with Crippen LogP contribution in [0.25, 0.3) is 89.5 Å². The number of rotatable bonds is 20. The van der Waals surface area contributed by atoms with Crippen LogP contribution < -0.4 is 19.6 Å². The minimum Gasteiger partial charge on any atom is -0.311 e. The van der Waals surface area contributed by atoms with Gasteiger partial charge in [-0.05, 0) is 278 Å². The molecule has 0 bridgehead atoms. The molecule has 0 spiro atoms. The van der Waals surface area contributed by atoms with E-state index in [4.69, 9.17) is 9.97 Å². The van der Waals surface area contributed by atoms with Crippen LogP contribution in [0.3, 0.4) is 0 Å². The molecule has 0 radical (unpaired) electrons. The summed E-state index contributed by atoms with van der Waals surface area (Å²) in [5, 5.41) is 0. The average Bonchev–Trinajstić information content (AvgIpc) is 0.759. The molecule has 0 unspecified atom stereocenters. The molecule has 0 amide bonds. The van der Waals surface area contributed by atoms with Crippen LogP contribution in [0.5, 0.6) is 0 Å². The highest BCUT2D eigenvalue weighted by molar-refractivity contribution is 5.91. The third-order valence-electron chi connectivity index (χ3n) is 27.3. The molecule has 17 rings (SSSR count). The predicted molar refractivity (Wildman–Crippen MR) is 594 cm³/mol. The monoisotopic (exact) mass is 1810 g/mol. The summed E-state index contributed by atoms with van der Waals surface area (Å²) in [5.74, 6) is 0. The van der Waals surface area contributed by atoms with Crippen LogP contribution >= 0.6 is 0 Å². The Morgan fingerprint density at radius 2 is 0.188 bits per heavy atom. The number of hydrogen-bond donors (Lipinski definition) is 0. The summed E-state index contributed by atoms with van der Waals surface area (Å²) in [6.07, 6.45) is 0. The van der Waals surface area contributed by atoms with Crippen molar-refractivity contribution in [3.05, 3.63) is 433 Å². The van der Waals surface area contributed by atoms with E-state index in [0.29, 0.717) is 0 Å². The lowest BCUT2D eigenvalue weighted by Crippen LogP contribution is -2.14. The second-order valence-electron chi connectivity index (χ2n) is 45.8. The molecule has 138 heavy (non-hydrogen) atoms. The van der Waals surface area contributed by atoms with Crippen molar-refractivity contribution < 1.29 is 0 Å². The van der Waals surface area contributed by atoms with Crippen molar-refractivity contribution >= 4 is 68.2 Å². The first-order valence-corrected chi connectivity index (χ1v) is 49.2. The van der Waals surface area contributed by atoms with Crippen LogP contribution in [0, 0.1) is 0 Å². The van der Waals surface area contributed by atoms with Gasteiger partial charge in [-0.1, -0.05) is 409 Å². The van der Waals surface area contributed by atoms with E-state index in [1.165, 1.54) is 44.5 Å². The van der Waals surface area contributed by atoms with E-state index in [9.17, 15) is 0 Å². The second-order valence-corrected chi connectivity index (χ2v) is 45.8. The number of hydrogen-bond acceptors (Lipinski definition) is 6. The average molecular weight is 1810 g/mol. The van der Waals surface area contributed by atoms with Crippen LogP contribution in [-0.2, 0) is 43.3 Å². The van der Waals surface area contributed by atoms with Gasteiger partial charge in [0.05, 0.1) is 22.8 Å². The maximum absolute atomic E-state index is 6.02. The highest BCUT2D eigenvalue weighted by atomic mass is 15.2. The molecule has 6 heteroatoms. The molecule has 0 N–H and O–H groups in total. The molecule has 694 valence electrons. The van der Waals surface area contributed by atoms with Crippen LogP contribution in [0.4, 0.5) is 68.2 Å². The fourth-order valence-electron chi connectivity index (χ4n) is 18.4. The molecule has 1 aromatic heterocycles. The Morgan fingerprint density at radius 3 is 0.283 bits per heavy atom. The Balaban J connectivity index is 0.779. The van der Waals surface area contributed by atoms with Gasteiger partial charge in [0.2, 0.25) is 0 Å². The van der Waals surface area contributed by atoms with Gasteiger partial charge in [-0.25, -0.2) is 9.97 Å². The summed E-state index contributed by atoms with van der Waals surface area (Å²) in [7, 11) is 0. The lowest BCUT2D eigenvalue weighted by atomic mass is 9.86. The molecule has 16 aromatic carbocycles. The van der Waals surface area contributed by atoms with Crippen molar-refractivity contribution in [3.8, 4) is 89.5 Å². The summed E-state index contributed by atoms with van der Waals surface area (Å²) < 4.78 is 0. The van der Waals surface area contributed by atoms with Gasteiger partial charge in [0.25, 0.3) is 0 Å². The molecule has 0 fully saturated rings. The van der Waals surface area contributed by atoms with E-state index < -0.39 is 0 Å². The number of benzene rings is 16. The van der Waals surface area contributed by atoms with E-state index in [1.54, 1.807) is 0 Å². The van der Waals surface area contributed by atoms with Gasteiger partial charge in [0.1, 0.15) is 0 Å². The van der Waals surface area contributed by atoms with Gasteiger partial charge < -0.3 is 19.6 Å². The molecule has 6 nitrogen and oxygen atoms in total. The topological polar surface area (TPSA) is 38.7 Å². The summed E-state index contributed by atoms with van der Waals surface area (Å²) in [5.41, 5.74) is 39.3. The highest BCUT2D eigenvalue weighted by Crippen LogP contribution is 2.48. The lowest BCUT2D eigenvalue weighted by molar-refractivity contribution is 0.590. The van der Waals surface area contributed by atoms with Crippen molar-refractivity contribution in [2.24, 2.45) is 0 Å². The minimum absolute atomic E-state index is 0.0200. The SMILES string of the molecule is CC(C)(C)c1ccc(N(c2ccc(-c3ccc(-c4nc(-c5ccc(-c6ccc(N(c7ccc(C(C)(C)C)cc7)c7ccc(C(C)(C)C)cc7)cc6)cc5)c(-c5ccc(-c6ccc(N(c7ccc(C(C)(C)C)cc7)c7ccc(C(C)(C)C)cc7)cc6)cc5)nc4-c4ccc(-c5ccc(N(c6ccc(C(C)(C)C)cc6)c6ccc(C(C)(C)C)cc6)cc5)cc4)cc3)cc2)c2ccc(C(C)(C)C)cc2)cc1. The molecule has 17 aromatic rings. The van der Waals surface area contributed by atoms with Gasteiger partial charge in [-0.2, -0.15) is 0 Å². The second kappa shape index (κ2) is 37.7. The van der Waals surface area contributed by atoms with Crippen molar-refractivity contribution in [3.63, 3.8) is 0 Å². The Labute approximate surface area is 824 Å². The van der Waals surface area contributed by atoms with Crippen LogP contribution in [0.1, 0.15) is 211 Å². The first-order chi connectivity index (χ1) is 65.4. The first-order valence-electron chi connectivity index (χ1n) is 49.2. The van der Waals surface area contributed by atoms with Crippen molar-refractivity contribution in [2.45, 2.75) is 209 Å². The Hall–Kier alpha value is -14.2. The van der Waals surface area contributed by atoms with Crippen LogP contribution in [-0.4, -0.2) is 9.97 Å². The Kier molecular flexibility index (Phi) is 26.1. The quantitative estimate of drug-likeness (QED) is 0.0757. The third-order valence-corrected chi connectivity index (χ3v) is 27.3. The fraction of sp³-hybridized carbons (Fsp3) is 0.242. The van der Waals surface area contributed by atoms with Crippen molar-refractivity contribution in [1.29, 1.82) is 0 Å². The molecule has 0 aliphatic heterocycles. The molecule has 0 saturated carbocycles. The van der Waals surface area contributed by atoms with E-state index in [-0.39, 0.29) is 43.3 Å². The Morgan fingerprint density at radius 1 is 0.109 bits per heavy atom. The Bertz CT molecular complexity index is 5950. The van der Waals surface area contributed by atoms with Gasteiger partial charge in [-0.15, -0.1) is 0 Å². The van der Waals surface area contributed by atoms with Gasteiger partial charge in [0, 0.05) is 90.5 Å². The number of anilines is 12. The zero-order valence-electron chi connectivity index (χ0n) is 85.6. The molecule has 0 aliphatic rings. The lowest BCUT2D eigenvalue weighted by Gasteiger charge is -2.28. The first kappa shape index (κ1) is 95.5. The van der Waals surface area contributed by atoms with Gasteiger partial charge in [0.15, 0.2) is 0 Å². The molecule has 0 atom stereocenters. The largest absolute Gasteiger partial charge is 0.311 e. The maximum Gasteiger partial charge on any atom is 0.0973 e. The zero-order chi connectivity index (χ0) is 97.8. The van der Waals surface area contributed by atoms with Crippen molar-refractivity contribution in [2.75, 3.05) is 19.6 Å². The third kappa shape index (κ3) is 21.2. The van der Waals surface area contributed by atoms with Crippen molar-refractivity contribution in [1.82, 2.24) is 9.97 Å². The molecule has 1 heterocycles. The maximum atomic E-state index is 6.02. The predicted octanol–water partition coefficient (Wildman–Crippen LogP) is 38.1. The van der Waals surface area contributed by atoms with E-state index in [2.05, 4.69) is 574 Å². The number of aromatic nitrogens is 2. The van der Waals surface area contributed by atoms with E-state index in [1.807, 2.05) is 0 Å². The van der Waals surface area contributed by atoms with Gasteiger partial charge >= 0.3 is 0 Å². The highest BCUT2D eigenvalue weighted by Gasteiger charge is 2.29. The van der Waals surface area contributed by atoms with Crippen LogP contribution in [0.15, 0.2) is 388 Å². The molecular formula is C132H136N6. The normalized spacial score (nSPS) is 12.3. The van der Waals surface area contributed by atoms with E-state index >= 15 is 0 Å². The van der Waals surface area contributed by atoms with Crippen LogP contribution in [0.2, 0.25) is 0 Å². The zero-order valence-corrected chi connectivity index (χ0v) is 85.6. The number of nitrogens with zero attached hydrogens (tertiary/aromatic N) is 6. The standard InChI is InChI=1S/C132H136N6/c1-125(2,3)101-49-73-113(74-50-101)135(114-75-51-102(52-76-114)126(4,5)6)109-65-41-93(42-66-109)89-25-33-97(34-26-89)121-122(98-35-27-90(28-36-98)94-43-67-110(68-44-94)136(115-77-53-103(54-78-115)127(7,8)9)116-79-55-104(56-80-116)128(10,11)12)134-124(100-39-31-92(32-40-100)96-47-71-112(72-48-96)138(119-85-61-107(62-86-119)131(19,20)21)120-87-63-108(64-88-120)132(22,23)24)123(133-121)99-37-29-91(30-38-99)95-45-69-111(70-46-95)137(117-81-57-105(58-82-117)129(13,14)15)118-83-59-106(60-84-118)130(16,17)18/h25-88H,1-24H3. The van der Waals surface area contributed by atoms with Gasteiger partial charge in [-0.3, -0.25) is 0 Å². The molecule has 0 saturated heterocycles. The summed E-state index contributed by atoms with van der Waals surface area (Å²) in [4.78, 5) is 21.5. The molecule has 0 aliphatic carbocycles. The summed E-state index contributed by atoms with van der Waals surface area (Å²) >= 11 is 0. The van der Waals surface area contributed by atoms with E-state index in [0.717, 1.165) is 158 Å². The fourth-order valence-corrected chi connectivity index (χ4v) is 18.4. The summed E-state index contributed by atoms with van der Waals surface area (Å²) in [6, 6.07) is 145. The smallest absolute Gasteiger partial charge is 0.0973 e. The molecular weight excluding hydrogens is 1670 g/mol.